The lowest BCUT2D eigenvalue weighted by Gasteiger charge is -2.39. The topological polar surface area (TPSA) is 58.4 Å². The summed E-state index contributed by atoms with van der Waals surface area (Å²) in [7, 11) is 0. The maximum Gasteiger partial charge on any atom is 0.234 e. The molecule has 0 bridgehead atoms. The van der Waals surface area contributed by atoms with E-state index in [2.05, 4.69) is 16.5 Å². The molecule has 1 fully saturated rings. The summed E-state index contributed by atoms with van der Waals surface area (Å²) in [5.74, 6) is 0.131. The van der Waals surface area contributed by atoms with Gasteiger partial charge in [-0.05, 0) is 26.0 Å². The van der Waals surface area contributed by atoms with Gasteiger partial charge in [0.05, 0.1) is 6.54 Å². The third-order valence-electron chi connectivity index (χ3n) is 3.31. The Morgan fingerprint density at radius 2 is 2.12 bits per heavy atom. The van der Waals surface area contributed by atoms with E-state index >= 15 is 0 Å². The van der Waals surface area contributed by atoms with Gasteiger partial charge in [-0.2, -0.15) is 11.8 Å². The Morgan fingerprint density at radius 1 is 1.50 bits per heavy atom. The number of rotatable bonds is 5. The van der Waals surface area contributed by atoms with Crippen molar-refractivity contribution >= 4 is 17.7 Å². The molecule has 5 heteroatoms. The van der Waals surface area contributed by atoms with Crippen molar-refractivity contribution in [3.8, 4) is 0 Å². The first-order valence-corrected chi connectivity index (χ1v) is 7.12. The zero-order valence-electron chi connectivity index (χ0n) is 10.3. The van der Waals surface area contributed by atoms with Crippen molar-refractivity contribution in [3.63, 3.8) is 0 Å². The lowest BCUT2D eigenvalue weighted by atomic mass is 9.96. The predicted octanol–water partition coefficient (Wildman–Crippen LogP) is 0.279. The van der Waals surface area contributed by atoms with E-state index in [4.69, 9.17) is 5.73 Å². The minimum absolute atomic E-state index is 0.131. The second-order valence-electron chi connectivity index (χ2n) is 4.32. The van der Waals surface area contributed by atoms with Crippen molar-refractivity contribution in [1.29, 1.82) is 0 Å². The molecule has 1 aliphatic heterocycles. The molecule has 1 heterocycles. The largest absolute Gasteiger partial charge is 0.355 e. The molecule has 1 aliphatic rings. The van der Waals surface area contributed by atoms with Gasteiger partial charge < -0.3 is 11.1 Å². The zero-order valence-corrected chi connectivity index (χ0v) is 11.1. The molecule has 16 heavy (non-hydrogen) atoms. The number of likely N-dealkylation sites (N-methyl/N-ethyl adjacent to an activating group) is 1. The molecule has 0 spiro atoms. The first kappa shape index (κ1) is 13.8. The highest BCUT2D eigenvalue weighted by Gasteiger charge is 2.32. The molecule has 1 amide bonds. The van der Waals surface area contributed by atoms with Crippen LogP contribution in [0.1, 0.15) is 19.8 Å². The first-order chi connectivity index (χ1) is 7.65. The number of thioether (sulfide) groups is 1. The molecule has 3 N–H and O–H groups in total. The van der Waals surface area contributed by atoms with Gasteiger partial charge >= 0.3 is 0 Å². The normalized spacial score (nSPS) is 20.7. The van der Waals surface area contributed by atoms with Crippen LogP contribution in [0.2, 0.25) is 0 Å². The Hall–Kier alpha value is -0.260. The Morgan fingerprint density at radius 3 is 2.56 bits per heavy atom. The molecule has 0 radical (unpaired) electrons. The molecule has 1 saturated heterocycles. The number of piperidine rings is 1. The number of amides is 1. The molecule has 0 saturated carbocycles. The van der Waals surface area contributed by atoms with Gasteiger partial charge in [-0.25, -0.2) is 0 Å². The van der Waals surface area contributed by atoms with Crippen LogP contribution in [0.3, 0.4) is 0 Å². The van der Waals surface area contributed by atoms with Crippen molar-refractivity contribution in [3.05, 3.63) is 0 Å². The lowest BCUT2D eigenvalue weighted by molar-refractivity contribution is -0.122. The number of hydrogen-bond acceptors (Lipinski definition) is 4. The van der Waals surface area contributed by atoms with Crippen LogP contribution in [-0.4, -0.2) is 54.5 Å². The van der Waals surface area contributed by atoms with Gasteiger partial charge in [0.25, 0.3) is 0 Å². The molecule has 0 atom stereocenters. The monoisotopic (exact) mass is 245 g/mol. The summed E-state index contributed by atoms with van der Waals surface area (Å²) in [6.07, 6.45) is 4.31. The SMILES string of the molecule is CCNC(=O)CN1CCC(CN)(SC)CC1. The molecular formula is C11H23N3OS. The van der Waals surface area contributed by atoms with E-state index in [1.54, 1.807) is 0 Å². The van der Waals surface area contributed by atoms with Crippen molar-refractivity contribution in [2.45, 2.75) is 24.5 Å². The predicted molar refractivity (Wildman–Crippen MR) is 69.7 cm³/mol. The van der Waals surface area contributed by atoms with Crippen LogP contribution in [0.15, 0.2) is 0 Å². The maximum absolute atomic E-state index is 11.4. The molecule has 94 valence electrons. The first-order valence-electron chi connectivity index (χ1n) is 5.90. The highest BCUT2D eigenvalue weighted by Crippen LogP contribution is 2.33. The second kappa shape index (κ2) is 6.47. The Kier molecular flexibility index (Phi) is 5.58. The molecule has 0 aromatic rings. The van der Waals surface area contributed by atoms with E-state index < -0.39 is 0 Å². The fourth-order valence-electron chi connectivity index (χ4n) is 2.07. The van der Waals surface area contributed by atoms with Gasteiger partial charge in [0.1, 0.15) is 0 Å². The Bertz CT molecular complexity index is 221. The molecule has 0 aliphatic carbocycles. The highest BCUT2D eigenvalue weighted by atomic mass is 32.2. The summed E-state index contributed by atoms with van der Waals surface area (Å²) in [5, 5.41) is 2.83. The van der Waals surface area contributed by atoms with E-state index in [-0.39, 0.29) is 10.7 Å². The highest BCUT2D eigenvalue weighted by molar-refractivity contribution is 8.00. The number of nitrogens with one attached hydrogen (secondary N) is 1. The van der Waals surface area contributed by atoms with E-state index in [1.165, 1.54) is 0 Å². The third-order valence-corrected chi connectivity index (χ3v) is 4.75. The lowest BCUT2D eigenvalue weighted by Crippen LogP contribution is -2.49. The van der Waals surface area contributed by atoms with Gasteiger partial charge in [-0.3, -0.25) is 9.69 Å². The van der Waals surface area contributed by atoms with Crippen LogP contribution in [0, 0.1) is 0 Å². The quantitative estimate of drug-likeness (QED) is 0.730. The number of nitrogens with two attached hydrogens (primary N) is 1. The number of carbonyl (C=O) groups excluding carboxylic acids is 1. The number of hydrogen-bond donors (Lipinski definition) is 2. The summed E-state index contributed by atoms with van der Waals surface area (Å²) in [6.45, 7) is 5.89. The van der Waals surface area contributed by atoms with Crippen molar-refractivity contribution in [2.75, 3.05) is 39.0 Å². The van der Waals surface area contributed by atoms with Crippen molar-refractivity contribution < 1.29 is 4.79 Å². The minimum atomic E-state index is 0.131. The van der Waals surface area contributed by atoms with Crippen molar-refractivity contribution in [2.24, 2.45) is 5.73 Å². The molecule has 1 rings (SSSR count). The maximum atomic E-state index is 11.4. The molecule has 4 nitrogen and oxygen atoms in total. The Balaban J connectivity index is 2.34. The van der Waals surface area contributed by atoms with Crippen LogP contribution >= 0.6 is 11.8 Å². The van der Waals surface area contributed by atoms with Gasteiger partial charge in [0.15, 0.2) is 0 Å². The summed E-state index contributed by atoms with van der Waals surface area (Å²) < 4.78 is 0.248. The summed E-state index contributed by atoms with van der Waals surface area (Å²) in [4.78, 5) is 13.6. The fourth-order valence-corrected chi connectivity index (χ4v) is 2.82. The fraction of sp³-hybridized carbons (Fsp3) is 0.909. The van der Waals surface area contributed by atoms with Crippen LogP contribution in [0.4, 0.5) is 0 Å². The van der Waals surface area contributed by atoms with Crippen LogP contribution in [-0.2, 0) is 4.79 Å². The standard InChI is InChI=1S/C11H23N3OS/c1-3-13-10(15)8-14-6-4-11(9-12,16-2)5-7-14/h3-9,12H2,1-2H3,(H,13,15). The van der Waals surface area contributed by atoms with E-state index in [1.807, 2.05) is 18.7 Å². The Labute approximate surface area is 102 Å². The average molecular weight is 245 g/mol. The molecule has 0 aromatic carbocycles. The summed E-state index contributed by atoms with van der Waals surface area (Å²) in [5.41, 5.74) is 5.82. The van der Waals surface area contributed by atoms with E-state index in [0.29, 0.717) is 13.1 Å². The van der Waals surface area contributed by atoms with E-state index in [0.717, 1.165) is 32.5 Å². The van der Waals surface area contributed by atoms with Crippen LogP contribution < -0.4 is 11.1 Å². The number of likely N-dealkylation sites (tertiary alicyclic amines) is 1. The van der Waals surface area contributed by atoms with Gasteiger partial charge in [0, 0.05) is 30.9 Å². The zero-order chi connectivity index (χ0) is 12.0. The summed E-state index contributed by atoms with van der Waals surface area (Å²) in [6, 6.07) is 0. The summed E-state index contributed by atoms with van der Waals surface area (Å²) >= 11 is 1.87. The third kappa shape index (κ3) is 3.64. The van der Waals surface area contributed by atoms with Crippen LogP contribution in [0.5, 0.6) is 0 Å². The van der Waals surface area contributed by atoms with Gasteiger partial charge in [0.2, 0.25) is 5.91 Å². The average Bonchev–Trinajstić information content (AvgIpc) is 2.31. The minimum Gasteiger partial charge on any atom is -0.355 e. The molecule has 0 unspecified atom stereocenters. The van der Waals surface area contributed by atoms with Crippen molar-refractivity contribution in [1.82, 2.24) is 10.2 Å². The molecule has 0 aromatic heterocycles. The van der Waals surface area contributed by atoms with E-state index in [9.17, 15) is 4.79 Å². The molecular weight excluding hydrogens is 222 g/mol. The van der Waals surface area contributed by atoms with Gasteiger partial charge in [-0.15, -0.1) is 0 Å². The number of nitrogens with zero attached hydrogens (tertiary/aromatic N) is 1. The smallest absolute Gasteiger partial charge is 0.234 e. The number of carbonyl (C=O) groups is 1. The second-order valence-corrected chi connectivity index (χ2v) is 5.60. The van der Waals surface area contributed by atoms with Gasteiger partial charge in [-0.1, -0.05) is 0 Å². The van der Waals surface area contributed by atoms with Crippen LogP contribution in [0.25, 0.3) is 0 Å².